The molecule has 1 rings (SSSR count). The SMILES string of the molecule is CCC(C)SCc1noc(CCC(=O)O)n1. The van der Waals surface area contributed by atoms with Crippen LogP contribution in [0.3, 0.4) is 0 Å². The maximum absolute atomic E-state index is 10.3. The number of aromatic nitrogens is 2. The highest BCUT2D eigenvalue weighted by Gasteiger charge is 2.09. The zero-order valence-electron chi connectivity index (χ0n) is 9.47. The molecule has 0 aliphatic heterocycles. The van der Waals surface area contributed by atoms with Gasteiger partial charge in [0.15, 0.2) is 5.82 Å². The molecular weight excluding hydrogens is 228 g/mol. The Labute approximate surface area is 98.6 Å². The van der Waals surface area contributed by atoms with Crippen LogP contribution in [0, 0.1) is 0 Å². The van der Waals surface area contributed by atoms with E-state index in [1.807, 2.05) is 0 Å². The molecule has 1 atom stereocenters. The lowest BCUT2D eigenvalue weighted by atomic mass is 10.3. The minimum absolute atomic E-state index is 0.0279. The van der Waals surface area contributed by atoms with Crippen molar-refractivity contribution < 1.29 is 14.4 Å². The van der Waals surface area contributed by atoms with E-state index in [1.54, 1.807) is 11.8 Å². The lowest BCUT2D eigenvalue weighted by molar-refractivity contribution is -0.137. The Hall–Kier alpha value is -1.04. The second-order valence-corrected chi connectivity index (χ2v) is 4.95. The second-order valence-electron chi connectivity index (χ2n) is 3.53. The topological polar surface area (TPSA) is 76.2 Å². The number of hydrogen-bond donors (Lipinski definition) is 1. The van der Waals surface area contributed by atoms with Gasteiger partial charge in [0.25, 0.3) is 0 Å². The van der Waals surface area contributed by atoms with Crippen LogP contribution in [0.5, 0.6) is 0 Å². The van der Waals surface area contributed by atoms with E-state index in [1.165, 1.54) is 0 Å². The molecule has 0 bridgehead atoms. The first-order valence-corrected chi connectivity index (χ1v) is 6.31. The molecule has 90 valence electrons. The Morgan fingerprint density at radius 3 is 3.00 bits per heavy atom. The number of rotatable bonds is 7. The highest BCUT2D eigenvalue weighted by molar-refractivity contribution is 7.99. The monoisotopic (exact) mass is 244 g/mol. The van der Waals surface area contributed by atoms with Crippen LogP contribution in [0.4, 0.5) is 0 Å². The average Bonchev–Trinajstić information content (AvgIpc) is 2.71. The van der Waals surface area contributed by atoms with Crippen LogP contribution in [-0.2, 0) is 17.0 Å². The van der Waals surface area contributed by atoms with Crippen LogP contribution in [-0.4, -0.2) is 26.5 Å². The summed E-state index contributed by atoms with van der Waals surface area (Å²) in [5, 5.41) is 12.9. The van der Waals surface area contributed by atoms with Gasteiger partial charge in [0.05, 0.1) is 12.2 Å². The smallest absolute Gasteiger partial charge is 0.303 e. The van der Waals surface area contributed by atoms with Crippen LogP contribution in [0.25, 0.3) is 0 Å². The Kier molecular flexibility index (Phi) is 5.31. The van der Waals surface area contributed by atoms with Crippen LogP contribution in [0.15, 0.2) is 4.52 Å². The number of carboxylic acid groups (broad SMARTS) is 1. The number of carboxylic acids is 1. The number of nitrogens with zero attached hydrogens (tertiary/aromatic N) is 2. The van der Waals surface area contributed by atoms with E-state index in [4.69, 9.17) is 9.63 Å². The molecule has 0 saturated carbocycles. The van der Waals surface area contributed by atoms with E-state index in [9.17, 15) is 4.79 Å². The predicted octanol–water partition coefficient (Wildman–Crippen LogP) is 2.12. The third kappa shape index (κ3) is 4.65. The number of thioether (sulfide) groups is 1. The molecule has 1 N–H and O–H groups in total. The molecule has 1 unspecified atom stereocenters. The molecule has 1 aromatic rings. The van der Waals surface area contributed by atoms with Crippen LogP contribution < -0.4 is 0 Å². The molecule has 0 amide bonds. The Morgan fingerprint density at radius 2 is 2.38 bits per heavy atom. The fraction of sp³-hybridized carbons (Fsp3) is 0.700. The first kappa shape index (κ1) is 13.0. The van der Waals surface area contributed by atoms with E-state index >= 15 is 0 Å². The van der Waals surface area contributed by atoms with Crippen molar-refractivity contribution in [3.8, 4) is 0 Å². The predicted molar refractivity (Wildman–Crippen MR) is 61.3 cm³/mol. The summed E-state index contributed by atoms with van der Waals surface area (Å²) in [7, 11) is 0. The van der Waals surface area contributed by atoms with Gasteiger partial charge in [-0.2, -0.15) is 16.7 Å². The lowest BCUT2D eigenvalue weighted by Gasteiger charge is -2.04. The summed E-state index contributed by atoms with van der Waals surface area (Å²) >= 11 is 1.77. The number of aryl methyl sites for hydroxylation is 1. The Morgan fingerprint density at radius 1 is 1.62 bits per heavy atom. The van der Waals surface area contributed by atoms with Crippen molar-refractivity contribution in [2.45, 2.75) is 44.1 Å². The standard InChI is InChI=1S/C10H16N2O3S/c1-3-7(2)16-6-8-11-9(15-12-8)4-5-10(13)14/h7H,3-6H2,1-2H3,(H,13,14). The van der Waals surface area contributed by atoms with Gasteiger partial charge >= 0.3 is 5.97 Å². The van der Waals surface area contributed by atoms with Gasteiger partial charge in [-0.3, -0.25) is 4.79 Å². The maximum Gasteiger partial charge on any atom is 0.303 e. The molecule has 1 aromatic heterocycles. The Bertz CT molecular complexity index is 341. The van der Waals surface area contributed by atoms with Crippen molar-refractivity contribution in [1.29, 1.82) is 0 Å². The van der Waals surface area contributed by atoms with Gasteiger partial charge in [-0.1, -0.05) is 19.0 Å². The fourth-order valence-corrected chi connectivity index (χ4v) is 1.79. The lowest BCUT2D eigenvalue weighted by Crippen LogP contribution is -1.98. The van der Waals surface area contributed by atoms with Gasteiger partial charge in [0.2, 0.25) is 5.89 Å². The normalized spacial score (nSPS) is 12.6. The van der Waals surface area contributed by atoms with Crippen molar-refractivity contribution in [3.05, 3.63) is 11.7 Å². The molecule has 16 heavy (non-hydrogen) atoms. The summed E-state index contributed by atoms with van der Waals surface area (Å²) in [5.74, 6) is 0.910. The van der Waals surface area contributed by atoms with Crippen molar-refractivity contribution in [1.82, 2.24) is 10.1 Å². The second kappa shape index (κ2) is 6.52. The van der Waals surface area contributed by atoms with Crippen LogP contribution >= 0.6 is 11.8 Å². The summed E-state index contributed by atoms with van der Waals surface area (Å²) in [6.07, 6.45) is 1.44. The molecule has 6 heteroatoms. The summed E-state index contributed by atoms with van der Waals surface area (Å²) in [4.78, 5) is 14.5. The van der Waals surface area contributed by atoms with E-state index in [-0.39, 0.29) is 6.42 Å². The molecule has 1 heterocycles. The molecule has 0 aliphatic carbocycles. The summed E-state index contributed by atoms with van der Waals surface area (Å²) in [6.45, 7) is 4.28. The van der Waals surface area contributed by atoms with E-state index in [2.05, 4.69) is 24.0 Å². The highest BCUT2D eigenvalue weighted by atomic mass is 32.2. The first-order valence-electron chi connectivity index (χ1n) is 5.26. The van der Waals surface area contributed by atoms with Crippen molar-refractivity contribution in [2.75, 3.05) is 0 Å². The summed E-state index contributed by atoms with van der Waals surface area (Å²) < 4.78 is 4.94. The van der Waals surface area contributed by atoms with Crippen molar-refractivity contribution in [2.24, 2.45) is 0 Å². The molecule has 0 aliphatic rings. The number of aliphatic carboxylic acids is 1. The highest BCUT2D eigenvalue weighted by Crippen LogP contribution is 2.18. The number of carbonyl (C=O) groups is 1. The molecule has 0 fully saturated rings. The van der Waals surface area contributed by atoms with Crippen molar-refractivity contribution >= 4 is 17.7 Å². The molecule has 0 radical (unpaired) electrons. The van der Waals surface area contributed by atoms with E-state index in [0.29, 0.717) is 29.1 Å². The third-order valence-electron chi connectivity index (χ3n) is 2.13. The Balaban J connectivity index is 2.36. The van der Waals surface area contributed by atoms with Gasteiger partial charge in [-0.05, 0) is 6.42 Å². The fourth-order valence-electron chi connectivity index (χ4n) is 0.999. The largest absolute Gasteiger partial charge is 0.481 e. The zero-order valence-corrected chi connectivity index (χ0v) is 10.3. The summed E-state index contributed by atoms with van der Waals surface area (Å²) in [5.41, 5.74) is 0. The molecule has 0 saturated heterocycles. The van der Waals surface area contributed by atoms with Crippen LogP contribution in [0.2, 0.25) is 0 Å². The molecular formula is C10H16N2O3S. The van der Waals surface area contributed by atoms with Gasteiger partial charge < -0.3 is 9.63 Å². The first-order chi connectivity index (χ1) is 7.61. The maximum atomic E-state index is 10.3. The van der Waals surface area contributed by atoms with E-state index in [0.717, 1.165) is 6.42 Å². The van der Waals surface area contributed by atoms with Crippen molar-refractivity contribution in [3.63, 3.8) is 0 Å². The van der Waals surface area contributed by atoms with Gasteiger partial charge in [0, 0.05) is 11.7 Å². The minimum atomic E-state index is -0.853. The van der Waals surface area contributed by atoms with E-state index < -0.39 is 5.97 Å². The quantitative estimate of drug-likeness (QED) is 0.791. The van der Waals surface area contributed by atoms with Gasteiger partial charge in [0.1, 0.15) is 0 Å². The minimum Gasteiger partial charge on any atom is -0.481 e. The summed E-state index contributed by atoms with van der Waals surface area (Å²) in [6, 6.07) is 0. The molecule has 5 nitrogen and oxygen atoms in total. The van der Waals surface area contributed by atoms with Crippen LogP contribution in [0.1, 0.15) is 38.4 Å². The molecule has 0 spiro atoms. The third-order valence-corrected chi connectivity index (χ3v) is 3.46. The van der Waals surface area contributed by atoms with Gasteiger partial charge in [-0.15, -0.1) is 0 Å². The van der Waals surface area contributed by atoms with Gasteiger partial charge in [-0.25, -0.2) is 0 Å². The average molecular weight is 244 g/mol. The zero-order chi connectivity index (χ0) is 12.0. The molecule has 0 aromatic carbocycles. The number of hydrogen-bond acceptors (Lipinski definition) is 5.